The first kappa shape index (κ1) is 41.5. The maximum Gasteiger partial charge on any atom is 0.417 e. The van der Waals surface area contributed by atoms with Gasteiger partial charge in [0.05, 0.1) is 12.1 Å². The van der Waals surface area contributed by atoms with Gasteiger partial charge in [0.1, 0.15) is 24.7 Å². The van der Waals surface area contributed by atoms with E-state index in [9.17, 15) is 33.9 Å². The first-order chi connectivity index (χ1) is 23.5. The van der Waals surface area contributed by atoms with Gasteiger partial charge in [0, 0.05) is 12.5 Å². The van der Waals surface area contributed by atoms with Crippen LogP contribution in [0, 0.1) is 11.8 Å². The van der Waals surface area contributed by atoms with E-state index in [1.807, 2.05) is 30.3 Å². The van der Waals surface area contributed by atoms with Crippen LogP contribution in [0.2, 0.25) is 0 Å². The summed E-state index contributed by atoms with van der Waals surface area (Å²) in [4.78, 5) is 82.6. The fraction of sp³-hybridized carbons (Fsp3) is 0.500. The van der Waals surface area contributed by atoms with E-state index in [0.29, 0.717) is 21.8 Å². The highest BCUT2D eigenvalue weighted by molar-refractivity contribution is 6.07. The number of rotatable bonds is 17. The van der Waals surface area contributed by atoms with Crippen LogP contribution >= 0.6 is 0 Å². The first-order valence-electron chi connectivity index (χ1n) is 16.7. The molecule has 4 unspecified atom stereocenters. The molecular weight excluding hydrogens is 644 g/mol. The first-order valence-corrected chi connectivity index (χ1v) is 16.7. The van der Waals surface area contributed by atoms with Crippen LogP contribution in [0.5, 0.6) is 0 Å². The van der Waals surface area contributed by atoms with Crippen molar-refractivity contribution in [2.45, 2.75) is 104 Å². The summed E-state index contributed by atoms with van der Waals surface area (Å²) in [5.41, 5.74) is 19.1. The third kappa shape index (κ3) is 11.7. The summed E-state index contributed by atoms with van der Waals surface area (Å²) >= 11 is 0. The smallest absolute Gasteiger partial charge is 0.417 e. The quantitative estimate of drug-likeness (QED) is 0.160. The molecule has 14 nitrogen and oxygen atoms in total. The van der Waals surface area contributed by atoms with Crippen molar-refractivity contribution in [1.29, 1.82) is 0 Å². The standard InChI is InChI=1S/C36H52N6O8/c1-21(2)30(32(39)45)42(36(49)50-20-26-15-11-8-12-16-26)35(48)31(22(3)4)41(34(47)24(6)40-33(46)23(5)37)29(44)18-17-28(43)27(38)19-25-13-9-7-10-14-25/h7-16,21-24,27-28,30-31,43H,17-20,37-38H2,1-6H3,(H2,39,45)(H,40,46)/t23?,24?,27-,28-,30?,31?/m0/s1. The molecule has 6 atom stereocenters. The van der Waals surface area contributed by atoms with Gasteiger partial charge in [-0.2, -0.15) is 0 Å². The van der Waals surface area contributed by atoms with Crippen LogP contribution in [-0.2, 0) is 41.7 Å². The molecule has 0 aliphatic carbocycles. The zero-order valence-corrected chi connectivity index (χ0v) is 29.7. The van der Waals surface area contributed by atoms with Crippen LogP contribution in [0.1, 0.15) is 65.5 Å². The van der Waals surface area contributed by atoms with Crippen molar-refractivity contribution in [3.8, 4) is 0 Å². The molecule has 0 heterocycles. The second-order valence-electron chi connectivity index (χ2n) is 13.1. The monoisotopic (exact) mass is 696 g/mol. The largest absolute Gasteiger partial charge is 0.444 e. The summed E-state index contributed by atoms with van der Waals surface area (Å²) < 4.78 is 5.46. The maximum atomic E-state index is 14.5. The second-order valence-corrected chi connectivity index (χ2v) is 13.1. The summed E-state index contributed by atoms with van der Waals surface area (Å²) in [6.45, 7) is 8.73. The molecule has 14 heteroatoms. The van der Waals surface area contributed by atoms with Crippen molar-refractivity contribution < 1.29 is 38.6 Å². The van der Waals surface area contributed by atoms with Crippen molar-refractivity contribution >= 4 is 35.6 Å². The molecule has 2 aromatic rings. The van der Waals surface area contributed by atoms with Gasteiger partial charge < -0.3 is 32.4 Å². The molecule has 6 amide bonds. The van der Waals surface area contributed by atoms with E-state index in [-0.39, 0.29) is 13.0 Å². The van der Waals surface area contributed by atoms with Gasteiger partial charge in [0.15, 0.2) is 0 Å². The average Bonchev–Trinajstić information content (AvgIpc) is 3.06. The van der Waals surface area contributed by atoms with Crippen LogP contribution in [0.15, 0.2) is 60.7 Å². The molecule has 0 aliphatic heterocycles. The van der Waals surface area contributed by atoms with Crippen molar-refractivity contribution in [3.05, 3.63) is 71.8 Å². The molecule has 0 aromatic heterocycles. The second kappa shape index (κ2) is 19.5. The summed E-state index contributed by atoms with van der Waals surface area (Å²) in [7, 11) is 0. The summed E-state index contributed by atoms with van der Waals surface area (Å²) in [6.07, 6.45) is -2.65. The highest BCUT2D eigenvalue weighted by atomic mass is 16.6. The Balaban J connectivity index is 2.53. The molecule has 0 saturated carbocycles. The van der Waals surface area contributed by atoms with Crippen molar-refractivity contribution in [2.75, 3.05) is 0 Å². The van der Waals surface area contributed by atoms with E-state index >= 15 is 0 Å². The number of nitrogens with two attached hydrogens (primary N) is 3. The number of nitrogens with one attached hydrogen (secondary N) is 1. The normalized spacial score (nSPS) is 14.9. The molecule has 274 valence electrons. The lowest BCUT2D eigenvalue weighted by atomic mass is 9.95. The number of imide groups is 2. The Labute approximate surface area is 293 Å². The van der Waals surface area contributed by atoms with Crippen LogP contribution in [0.25, 0.3) is 0 Å². The number of amides is 6. The molecule has 2 aromatic carbocycles. The van der Waals surface area contributed by atoms with Gasteiger partial charge in [-0.3, -0.25) is 28.9 Å². The van der Waals surface area contributed by atoms with Crippen LogP contribution in [0.4, 0.5) is 4.79 Å². The predicted octanol–water partition coefficient (Wildman–Crippen LogP) is 1.60. The van der Waals surface area contributed by atoms with Crippen LogP contribution in [0.3, 0.4) is 0 Å². The van der Waals surface area contributed by atoms with E-state index in [2.05, 4.69) is 5.32 Å². The van der Waals surface area contributed by atoms with Crippen molar-refractivity contribution in [3.63, 3.8) is 0 Å². The van der Waals surface area contributed by atoms with E-state index < -0.39 is 90.2 Å². The Morgan fingerprint density at radius 3 is 1.76 bits per heavy atom. The number of ether oxygens (including phenoxy) is 1. The van der Waals surface area contributed by atoms with Crippen LogP contribution < -0.4 is 22.5 Å². The number of nitrogens with zero attached hydrogens (tertiary/aromatic N) is 2. The number of carbonyl (C=O) groups excluding carboxylic acids is 6. The third-order valence-corrected chi connectivity index (χ3v) is 8.11. The minimum absolute atomic E-state index is 0.172. The zero-order chi connectivity index (χ0) is 37.7. The lowest BCUT2D eigenvalue weighted by Crippen LogP contribution is -2.63. The van der Waals surface area contributed by atoms with Gasteiger partial charge in [0.2, 0.25) is 17.7 Å². The third-order valence-electron chi connectivity index (χ3n) is 8.11. The fourth-order valence-electron chi connectivity index (χ4n) is 5.38. The van der Waals surface area contributed by atoms with Gasteiger partial charge >= 0.3 is 6.09 Å². The zero-order valence-electron chi connectivity index (χ0n) is 29.7. The Bertz CT molecular complexity index is 1450. The number of hydrogen-bond acceptors (Lipinski definition) is 10. The van der Waals surface area contributed by atoms with Gasteiger partial charge in [0.25, 0.3) is 11.8 Å². The Morgan fingerprint density at radius 1 is 0.760 bits per heavy atom. The number of carbonyl (C=O) groups is 6. The van der Waals surface area contributed by atoms with Gasteiger partial charge in [-0.25, -0.2) is 9.69 Å². The number of primary amides is 1. The molecule has 0 saturated heterocycles. The number of benzene rings is 2. The molecule has 8 N–H and O–H groups in total. The molecule has 50 heavy (non-hydrogen) atoms. The molecule has 2 rings (SSSR count). The molecular formula is C36H52N6O8. The molecule has 0 fully saturated rings. The number of aliphatic hydroxyl groups excluding tert-OH is 1. The lowest BCUT2D eigenvalue weighted by molar-refractivity contribution is -0.159. The van der Waals surface area contributed by atoms with E-state index in [1.54, 1.807) is 58.0 Å². The number of aliphatic hydroxyl groups is 1. The highest BCUT2D eigenvalue weighted by Crippen LogP contribution is 2.23. The molecule has 0 radical (unpaired) electrons. The van der Waals surface area contributed by atoms with Crippen molar-refractivity contribution in [2.24, 2.45) is 29.0 Å². The molecule has 0 bridgehead atoms. The van der Waals surface area contributed by atoms with E-state index in [1.165, 1.54) is 13.8 Å². The maximum absolute atomic E-state index is 14.5. The van der Waals surface area contributed by atoms with Gasteiger partial charge in [-0.1, -0.05) is 88.4 Å². The minimum Gasteiger partial charge on any atom is -0.444 e. The minimum atomic E-state index is -1.66. The van der Waals surface area contributed by atoms with Crippen LogP contribution in [-0.4, -0.2) is 86.8 Å². The number of hydrogen-bond donors (Lipinski definition) is 5. The molecule has 0 aliphatic rings. The molecule has 0 spiro atoms. The predicted molar refractivity (Wildman–Crippen MR) is 186 cm³/mol. The average molecular weight is 697 g/mol. The van der Waals surface area contributed by atoms with Gasteiger partial charge in [-0.05, 0) is 49.7 Å². The van der Waals surface area contributed by atoms with E-state index in [4.69, 9.17) is 21.9 Å². The summed E-state index contributed by atoms with van der Waals surface area (Å²) in [5, 5.41) is 13.3. The SMILES string of the molecule is CC(N)C(=O)NC(C)C(=O)N(C(=O)CC[C@H](O)[C@@H](N)Cc1ccccc1)C(C(=O)N(C(=O)OCc1ccccc1)C(C(N)=O)C(C)C)C(C)C. The lowest BCUT2D eigenvalue weighted by Gasteiger charge is -2.38. The highest BCUT2D eigenvalue weighted by Gasteiger charge is 2.46. The Hall–Kier alpha value is -4.66. The van der Waals surface area contributed by atoms with E-state index in [0.717, 1.165) is 5.56 Å². The topological polar surface area (TPSA) is 228 Å². The Morgan fingerprint density at radius 2 is 1.28 bits per heavy atom. The summed E-state index contributed by atoms with van der Waals surface area (Å²) in [6, 6.07) is 11.6. The Kier molecular flexibility index (Phi) is 16.2. The summed E-state index contributed by atoms with van der Waals surface area (Å²) in [5.74, 6) is -6.15. The van der Waals surface area contributed by atoms with Gasteiger partial charge in [-0.15, -0.1) is 0 Å². The van der Waals surface area contributed by atoms with Crippen molar-refractivity contribution in [1.82, 2.24) is 15.1 Å². The fourth-order valence-corrected chi connectivity index (χ4v) is 5.38.